The summed E-state index contributed by atoms with van der Waals surface area (Å²) in [7, 11) is -3.99. The Morgan fingerprint density at radius 1 is 1.16 bits per heavy atom. The van der Waals surface area contributed by atoms with E-state index >= 15 is 0 Å². The summed E-state index contributed by atoms with van der Waals surface area (Å²) in [5.41, 5.74) is 1.82. The Morgan fingerprint density at radius 3 is 2.69 bits per heavy atom. The van der Waals surface area contributed by atoms with Crippen LogP contribution in [0.4, 0.5) is 15.8 Å². The number of amides is 1. The third kappa shape index (κ3) is 4.16. The number of para-hydroxylation sites is 1. The summed E-state index contributed by atoms with van der Waals surface area (Å²) in [6.45, 7) is 2.34. The highest BCUT2D eigenvalue weighted by Gasteiger charge is 2.32. The highest BCUT2D eigenvalue weighted by molar-refractivity contribution is 7.93. The Kier molecular flexibility index (Phi) is 6.08. The highest BCUT2D eigenvalue weighted by Crippen LogP contribution is 2.35. The van der Waals surface area contributed by atoms with Crippen LogP contribution in [0.3, 0.4) is 0 Å². The van der Waals surface area contributed by atoms with Crippen molar-refractivity contribution in [3.63, 3.8) is 0 Å². The summed E-state index contributed by atoms with van der Waals surface area (Å²) >= 11 is 6.22. The molecule has 9 heteroatoms. The number of carbonyl (C=O) groups excluding carboxylic acids is 1. The van der Waals surface area contributed by atoms with Gasteiger partial charge in [-0.15, -0.1) is 0 Å². The van der Waals surface area contributed by atoms with Gasteiger partial charge >= 0.3 is 0 Å². The monoisotopic (exact) mass is 474 g/mol. The fraction of sp³-hybridized carbons (Fsp3) is 0.174. The van der Waals surface area contributed by atoms with E-state index in [0.717, 1.165) is 11.6 Å². The van der Waals surface area contributed by atoms with Crippen LogP contribution in [0.1, 0.15) is 22.8 Å². The molecule has 0 bridgehead atoms. The van der Waals surface area contributed by atoms with Crippen LogP contribution < -0.4 is 14.4 Å². The first-order valence-electron chi connectivity index (χ1n) is 9.95. The van der Waals surface area contributed by atoms with Crippen LogP contribution in [-0.2, 0) is 16.4 Å². The highest BCUT2D eigenvalue weighted by atomic mass is 35.5. The van der Waals surface area contributed by atoms with Crippen molar-refractivity contribution in [2.75, 3.05) is 22.8 Å². The molecular weight excluding hydrogens is 455 g/mol. The van der Waals surface area contributed by atoms with Gasteiger partial charge in [-0.1, -0.05) is 29.8 Å². The van der Waals surface area contributed by atoms with Crippen LogP contribution in [0.2, 0.25) is 5.02 Å². The zero-order valence-corrected chi connectivity index (χ0v) is 18.7. The van der Waals surface area contributed by atoms with Crippen molar-refractivity contribution in [1.29, 1.82) is 0 Å². The van der Waals surface area contributed by atoms with Crippen LogP contribution >= 0.6 is 11.6 Å². The number of anilines is 2. The Morgan fingerprint density at radius 2 is 1.94 bits per heavy atom. The molecule has 6 nitrogen and oxygen atoms in total. The summed E-state index contributed by atoms with van der Waals surface area (Å²) in [5.74, 6) is -1.13. The van der Waals surface area contributed by atoms with Gasteiger partial charge in [0.1, 0.15) is 4.90 Å². The van der Waals surface area contributed by atoms with E-state index in [2.05, 4.69) is 5.32 Å². The number of halogens is 2. The fourth-order valence-electron chi connectivity index (χ4n) is 3.57. The van der Waals surface area contributed by atoms with Gasteiger partial charge < -0.3 is 10.1 Å². The molecule has 3 aromatic rings. The fourth-order valence-corrected chi connectivity index (χ4v) is 5.58. The zero-order valence-electron chi connectivity index (χ0n) is 17.1. The summed E-state index contributed by atoms with van der Waals surface area (Å²) in [4.78, 5) is 12.6. The van der Waals surface area contributed by atoms with Gasteiger partial charge in [0.25, 0.3) is 15.9 Å². The molecule has 0 aliphatic carbocycles. The molecule has 1 N–H and O–H groups in total. The van der Waals surface area contributed by atoms with Crippen molar-refractivity contribution in [1.82, 2.24) is 0 Å². The maximum atomic E-state index is 14.1. The first-order chi connectivity index (χ1) is 15.3. The minimum atomic E-state index is -3.99. The topological polar surface area (TPSA) is 75.7 Å². The molecule has 0 fully saturated rings. The lowest BCUT2D eigenvalue weighted by Gasteiger charge is -2.20. The van der Waals surface area contributed by atoms with E-state index < -0.39 is 21.7 Å². The van der Waals surface area contributed by atoms with E-state index in [1.54, 1.807) is 19.1 Å². The Hall–Kier alpha value is -3.10. The third-order valence-corrected chi connectivity index (χ3v) is 7.39. The Balaban J connectivity index is 1.62. The quantitative estimate of drug-likeness (QED) is 0.552. The second-order valence-electron chi connectivity index (χ2n) is 7.13. The molecular formula is C23H20ClFN2O4S. The number of nitrogens with one attached hydrogen (secondary N) is 1. The van der Waals surface area contributed by atoms with Crippen molar-refractivity contribution in [2.45, 2.75) is 18.2 Å². The molecule has 0 atom stereocenters. The Bertz CT molecular complexity index is 1300. The van der Waals surface area contributed by atoms with Crippen molar-refractivity contribution in [3.05, 3.63) is 82.6 Å². The lowest BCUT2D eigenvalue weighted by atomic mass is 10.2. The van der Waals surface area contributed by atoms with Gasteiger partial charge in [0.2, 0.25) is 0 Å². The molecule has 166 valence electrons. The van der Waals surface area contributed by atoms with Gasteiger partial charge in [0, 0.05) is 23.9 Å². The maximum Gasteiger partial charge on any atom is 0.265 e. The third-order valence-electron chi connectivity index (χ3n) is 5.10. The molecule has 0 unspecified atom stereocenters. The number of nitrogens with zero attached hydrogens (tertiary/aromatic N) is 1. The number of sulfonamides is 1. The Labute approximate surface area is 190 Å². The second kappa shape index (κ2) is 8.80. The molecule has 1 amide bonds. The lowest BCUT2D eigenvalue weighted by Crippen LogP contribution is -2.29. The summed E-state index contributed by atoms with van der Waals surface area (Å²) in [5, 5.41) is 2.58. The first-order valence-corrected chi connectivity index (χ1v) is 11.8. The number of fused-ring (bicyclic) bond motifs is 1. The van der Waals surface area contributed by atoms with Gasteiger partial charge in [-0.05, 0) is 55.3 Å². The SMILES string of the molecule is CCOc1ccc(NC(=O)c2ccc(Cl)c(S(=O)(=O)N3CCc4ccccc43)c2)cc1F. The summed E-state index contributed by atoms with van der Waals surface area (Å²) in [6.07, 6.45) is 0.594. The number of ether oxygens (including phenoxy) is 1. The molecule has 0 saturated carbocycles. The standard InChI is InChI=1S/C23H20ClFN2O4S/c1-2-31-21-10-8-17(14-19(21)25)26-23(28)16-7-9-18(24)22(13-16)32(29,30)27-12-11-15-5-3-4-6-20(15)27/h3-10,13-14H,2,11-12H2,1H3,(H,26,28). The second-order valence-corrected chi connectivity index (χ2v) is 9.37. The van der Waals surface area contributed by atoms with Gasteiger partial charge in [-0.25, -0.2) is 12.8 Å². The van der Waals surface area contributed by atoms with Crippen LogP contribution in [0.25, 0.3) is 0 Å². The molecule has 32 heavy (non-hydrogen) atoms. The molecule has 0 radical (unpaired) electrons. The van der Waals surface area contributed by atoms with Crippen LogP contribution in [-0.4, -0.2) is 27.5 Å². The van der Waals surface area contributed by atoms with Gasteiger partial charge in [0.05, 0.1) is 17.3 Å². The molecule has 3 aromatic carbocycles. The minimum absolute atomic E-state index is 0.0121. The molecule has 1 heterocycles. The normalized spacial score (nSPS) is 13.0. The number of rotatable bonds is 6. The number of hydrogen-bond donors (Lipinski definition) is 1. The van der Waals surface area contributed by atoms with E-state index in [9.17, 15) is 17.6 Å². The molecule has 1 aliphatic rings. The lowest BCUT2D eigenvalue weighted by molar-refractivity contribution is 0.102. The minimum Gasteiger partial charge on any atom is -0.491 e. The van der Waals surface area contributed by atoms with Crippen molar-refractivity contribution >= 4 is 38.9 Å². The molecule has 1 aliphatic heterocycles. The van der Waals surface area contributed by atoms with Gasteiger partial charge in [0.15, 0.2) is 11.6 Å². The van der Waals surface area contributed by atoms with E-state index in [0.29, 0.717) is 25.3 Å². The van der Waals surface area contributed by atoms with Crippen molar-refractivity contribution in [3.8, 4) is 5.75 Å². The zero-order chi connectivity index (χ0) is 22.9. The van der Waals surface area contributed by atoms with Crippen LogP contribution in [0.5, 0.6) is 5.75 Å². The van der Waals surface area contributed by atoms with Gasteiger partial charge in [-0.3, -0.25) is 9.10 Å². The number of carbonyl (C=O) groups is 1. The van der Waals surface area contributed by atoms with E-state index in [1.165, 1.54) is 34.6 Å². The molecule has 0 aromatic heterocycles. The van der Waals surface area contributed by atoms with E-state index in [-0.39, 0.29) is 26.9 Å². The van der Waals surface area contributed by atoms with Crippen molar-refractivity contribution in [2.24, 2.45) is 0 Å². The molecule has 0 spiro atoms. The maximum absolute atomic E-state index is 14.1. The van der Waals surface area contributed by atoms with E-state index in [1.807, 2.05) is 12.1 Å². The van der Waals surface area contributed by atoms with Crippen molar-refractivity contribution < 1.29 is 22.3 Å². The summed E-state index contributed by atoms with van der Waals surface area (Å²) in [6, 6.07) is 15.3. The van der Waals surface area contributed by atoms with Gasteiger partial charge in [-0.2, -0.15) is 0 Å². The largest absolute Gasteiger partial charge is 0.491 e. The first kappa shape index (κ1) is 22.1. The van der Waals surface area contributed by atoms with Crippen LogP contribution in [0, 0.1) is 5.82 Å². The summed E-state index contributed by atoms with van der Waals surface area (Å²) < 4.78 is 47.2. The molecule has 4 rings (SSSR count). The van der Waals surface area contributed by atoms with E-state index in [4.69, 9.17) is 16.3 Å². The number of hydrogen-bond acceptors (Lipinski definition) is 4. The predicted octanol–water partition coefficient (Wildman–Crippen LogP) is 4.88. The average Bonchev–Trinajstić information content (AvgIpc) is 3.21. The molecule has 0 saturated heterocycles. The van der Waals surface area contributed by atoms with Crippen LogP contribution in [0.15, 0.2) is 65.6 Å². The smallest absolute Gasteiger partial charge is 0.265 e. The predicted molar refractivity (Wildman–Crippen MR) is 122 cm³/mol. The number of benzene rings is 3. The average molecular weight is 475 g/mol.